The van der Waals surface area contributed by atoms with E-state index in [1.54, 1.807) is 8.65 Å². The summed E-state index contributed by atoms with van der Waals surface area (Å²) in [7, 11) is 0. The molecule has 29 heavy (non-hydrogen) atoms. The van der Waals surface area contributed by atoms with E-state index in [4.69, 9.17) is 9.47 Å². The molecule has 0 radical (unpaired) electrons. The van der Waals surface area contributed by atoms with E-state index in [1.807, 2.05) is 27.7 Å². The molecule has 1 fully saturated rings. The molecule has 6 nitrogen and oxygen atoms in total. The second-order valence-electron chi connectivity index (χ2n) is 8.65. The minimum atomic E-state index is -1.62. The number of allylic oxidation sites excluding steroid dienone is 2. The van der Waals surface area contributed by atoms with E-state index < -0.39 is 30.2 Å². The maximum atomic E-state index is 12.5. The van der Waals surface area contributed by atoms with Gasteiger partial charge in [0.05, 0.1) is 0 Å². The fourth-order valence-electron chi connectivity index (χ4n) is 3.39. The Morgan fingerprint density at radius 1 is 1.17 bits per heavy atom. The third-order valence-electron chi connectivity index (χ3n) is 4.98. The molecule has 0 aromatic carbocycles. The molecule has 0 heterocycles. The number of hydrogen-bond donors (Lipinski definition) is 3. The van der Waals surface area contributed by atoms with Crippen LogP contribution in [0.4, 0.5) is 4.79 Å². The Morgan fingerprint density at radius 2 is 1.90 bits per heavy atom. The van der Waals surface area contributed by atoms with Crippen molar-refractivity contribution in [3.63, 3.8) is 0 Å². The van der Waals surface area contributed by atoms with Gasteiger partial charge in [-0.15, -0.1) is 0 Å². The summed E-state index contributed by atoms with van der Waals surface area (Å²) in [6.07, 6.45) is 8.17. The van der Waals surface area contributed by atoms with Gasteiger partial charge >= 0.3 is 195 Å². The van der Waals surface area contributed by atoms with E-state index in [1.165, 1.54) is 19.3 Å². The zero-order valence-corrected chi connectivity index (χ0v) is 25.0. The molecule has 0 unspecified atom stereocenters. The Bertz CT molecular complexity index is 543. The van der Waals surface area contributed by atoms with Crippen LogP contribution in [0.2, 0.25) is 3.43 Å². The predicted molar refractivity (Wildman–Crippen MR) is 116 cm³/mol. The average Bonchev–Trinajstić information content (AvgIpc) is 2.58. The fraction of sp³-hybridized carbons (Fsp3) is 0.810. The normalized spacial score (nSPS) is 14.4. The Balaban J connectivity index is 2.57. The van der Waals surface area contributed by atoms with E-state index in [9.17, 15) is 9.59 Å². The molecule has 1 rings (SSSR count). The van der Waals surface area contributed by atoms with Gasteiger partial charge in [-0.05, 0) is 0 Å². The third kappa shape index (κ3) is 12.2. The van der Waals surface area contributed by atoms with Crippen molar-refractivity contribution in [1.82, 2.24) is 10.0 Å². The maximum absolute atomic E-state index is 12.5. The molecule has 0 aliphatic heterocycles. The number of esters is 1. The number of nitrogens with one attached hydrogen (secondary N) is 2. The molecule has 1 saturated carbocycles. The van der Waals surface area contributed by atoms with Gasteiger partial charge in [0.25, 0.3) is 0 Å². The van der Waals surface area contributed by atoms with Gasteiger partial charge in [0.2, 0.25) is 0 Å². The van der Waals surface area contributed by atoms with Crippen LogP contribution in [0.15, 0.2) is 8.65 Å². The molecule has 1 atom stereocenters. The van der Waals surface area contributed by atoms with Gasteiger partial charge in [0.1, 0.15) is 0 Å². The van der Waals surface area contributed by atoms with Crippen molar-refractivity contribution in [2.45, 2.75) is 88.1 Å². The fourth-order valence-corrected chi connectivity index (χ4v) is 13.1. The molecule has 8 heteroatoms. The van der Waals surface area contributed by atoms with Gasteiger partial charge in [0, 0.05) is 0 Å². The van der Waals surface area contributed by atoms with E-state index in [2.05, 4.69) is 22.9 Å². The molecule has 0 aromatic rings. The van der Waals surface area contributed by atoms with E-state index in [0.717, 1.165) is 38.6 Å². The summed E-state index contributed by atoms with van der Waals surface area (Å²) in [5, 5.41) is 2.85. The summed E-state index contributed by atoms with van der Waals surface area (Å²) < 4.78 is 15.3. The van der Waals surface area contributed by atoms with Gasteiger partial charge in [-0.3, -0.25) is 0 Å². The standard InChI is InChI=1S/C13H22NO2.C8H16NO2S.Hg/c1-13(2,3)16-12(15)14-10-5-4-7-11-8-6-9-11;1-2-11-8(10)6-4-3-5-7-9-12;/h4-6,8-10H2,1-3H3,(H,14,15);6,9,12H,2-5,7H2,1H3;. The van der Waals surface area contributed by atoms with Crippen molar-refractivity contribution in [2.24, 2.45) is 0 Å². The van der Waals surface area contributed by atoms with Crippen LogP contribution in [0, 0.1) is 0 Å². The quantitative estimate of drug-likeness (QED) is 0.121. The molecule has 1 aliphatic carbocycles. The summed E-state index contributed by atoms with van der Waals surface area (Å²) in [5.74, 6) is 0.0114. The molecule has 1 amide bonds. The molecule has 0 spiro atoms. The molecule has 1 aliphatic rings. The van der Waals surface area contributed by atoms with Crippen molar-refractivity contribution in [3.8, 4) is 0 Å². The number of rotatable bonds is 13. The van der Waals surface area contributed by atoms with Crippen molar-refractivity contribution in [3.05, 3.63) is 8.65 Å². The molecule has 164 valence electrons. The molecular weight excluding hydrogens is 577 g/mol. The Hall–Kier alpha value is -0.275. The molecule has 2 N–H and O–H groups in total. The summed E-state index contributed by atoms with van der Waals surface area (Å²) in [6.45, 7) is 9.39. The van der Waals surface area contributed by atoms with Gasteiger partial charge in [-0.2, -0.15) is 0 Å². The zero-order chi connectivity index (χ0) is 21.7. The number of carbonyl (C=O) groups is 2. The topological polar surface area (TPSA) is 76.7 Å². The monoisotopic (exact) mass is 616 g/mol. The number of ether oxygens (including phenoxy) is 2. The zero-order valence-electron chi connectivity index (χ0n) is 18.6. The van der Waals surface area contributed by atoms with Crippen molar-refractivity contribution in [1.29, 1.82) is 0 Å². The SMILES string of the molecule is CCOC(=O)[C@H](CCCCNS)[Hg][C](CCCNC(=O)OC(C)(C)C)=C1CCC1. The van der Waals surface area contributed by atoms with Crippen LogP contribution in [0.5, 0.6) is 0 Å². The van der Waals surface area contributed by atoms with Crippen LogP contribution in [0.25, 0.3) is 0 Å². The summed E-state index contributed by atoms with van der Waals surface area (Å²) in [6, 6.07) is 0. The van der Waals surface area contributed by atoms with Crippen LogP contribution < -0.4 is 10.0 Å². The van der Waals surface area contributed by atoms with Gasteiger partial charge in [-0.1, -0.05) is 0 Å². The first kappa shape index (κ1) is 26.8. The van der Waals surface area contributed by atoms with Crippen LogP contribution in [0.1, 0.15) is 79.1 Å². The summed E-state index contributed by atoms with van der Waals surface area (Å²) >= 11 is 2.41. The van der Waals surface area contributed by atoms with E-state index >= 15 is 0 Å². The first-order valence-electron chi connectivity index (χ1n) is 11.0. The first-order chi connectivity index (χ1) is 13.8. The van der Waals surface area contributed by atoms with Crippen molar-refractivity contribution < 1.29 is 43.6 Å². The molecule has 0 saturated heterocycles. The van der Waals surface area contributed by atoms with Crippen LogP contribution in [-0.4, -0.2) is 37.4 Å². The van der Waals surface area contributed by atoms with Crippen LogP contribution in [-0.2, 0) is 38.8 Å². The number of thiol groups is 1. The Morgan fingerprint density at radius 3 is 2.45 bits per heavy atom. The van der Waals surface area contributed by atoms with E-state index in [-0.39, 0.29) is 15.5 Å². The number of amides is 1. The molecular formula is C21H38HgN2O4S. The average molecular weight is 615 g/mol. The summed E-state index contributed by atoms with van der Waals surface area (Å²) in [4.78, 5) is 24.3. The number of carbonyl (C=O) groups excluding carboxylic acids is 2. The second kappa shape index (κ2) is 14.7. The second-order valence-corrected chi connectivity index (χ2v) is 17.7. The molecule has 0 bridgehead atoms. The van der Waals surface area contributed by atoms with Gasteiger partial charge in [-0.25, -0.2) is 0 Å². The number of hydrogen-bond acceptors (Lipinski definition) is 6. The Kier molecular flexibility index (Phi) is 13.5. The number of alkyl carbamates (subject to hydrolysis) is 1. The number of unbranched alkanes of at least 4 members (excludes halogenated alkanes) is 1. The van der Waals surface area contributed by atoms with Gasteiger partial charge in [0.15, 0.2) is 0 Å². The third-order valence-corrected chi connectivity index (χ3v) is 15.2. The predicted octanol–water partition coefficient (Wildman–Crippen LogP) is 4.77. The van der Waals surface area contributed by atoms with Gasteiger partial charge < -0.3 is 0 Å². The molecule has 0 aromatic heterocycles. The minimum absolute atomic E-state index is 0.0114. The van der Waals surface area contributed by atoms with E-state index in [0.29, 0.717) is 13.2 Å². The van der Waals surface area contributed by atoms with Crippen molar-refractivity contribution in [2.75, 3.05) is 19.7 Å². The van der Waals surface area contributed by atoms with Crippen molar-refractivity contribution >= 4 is 24.9 Å². The van der Waals surface area contributed by atoms with Crippen LogP contribution in [0.3, 0.4) is 0 Å². The summed E-state index contributed by atoms with van der Waals surface area (Å²) in [5.41, 5.74) is 1.12. The Labute approximate surface area is 194 Å². The first-order valence-corrected chi connectivity index (χ1v) is 17.3. The van der Waals surface area contributed by atoms with Crippen LogP contribution >= 0.6 is 12.8 Å².